The van der Waals surface area contributed by atoms with Crippen molar-refractivity contribution in [3.05, 3.63) is 36.0 Å². The first-order valence-corrected chi connectivity index (χ1v) is 12.6. The lowest BCUT2D eigenvalue weighted by atomic mass is 9.87. The molecule has 1 spiro atoms. The molecule has 0 bridgehead atoms. The minimum atomic E-state index is -0.739. The molecule has 196 valence electrons. The van der Waals surface area contributed by atoms with Gasteiger partial charge in [0, 0.05) is 26.0 Å². The highest BCUT2D eigenvalue weighted by molar-refractivity contribution is 5.87. The summed E-state index contributed by atoms with van der Waals surface area (Å²) < 4.78 is 22.8. The molecule has 0 aromatic rings. The second kappa shape index (κ2) is 12.4. The van der Waals surface area contributed by atoms with Gasteiger partial charge in [0.25, 0.3) is 0 Å². The van der Waals surface area contributed by atoms with Crippen molar-refractivity contribution in [2.24, 2.45) is 5.92 Å². The fourth-order valence-electron chi connectivity index (χ4n) is 4.79. The molecule has 35 heavy (non-hydrogen) atoms. The average Bonchev–Trinajstić information content (AvgIpc) is 3.60. The van der Waals surface area contributed by atoms with E-state index in [0.717, 1.165) is 24.7 Å². The van der Waals surface area contributed by atoms with E-state index in [0.29, 0.717) is 19.4 Å². The molecule has 3 aliphatic rings. The highest BCUT2D eigenvalue weighted by Gasteiger charge is 2.58. The Hall–Kier alpha value is -1.84. The molecule has 0 radical (unpaired) electrons. The van der Waals surface area contributed by atoms with Gasteiger partial charge in [0.1, 0.15) is 24.1 Å². The van der Waals surface area contributed by atoms with Gasteiger partial charge in [-0.3, -0.25) is 4.79 Å². The maximum atomic E-state index is 12.2. The number of epoxide rings is 1. The quantitative estimate of drug-likeness (QED) is 0.209. The number of carbonyl (C=O) groups is 2. The monoisotopic (exact) mass is 491 g/mol. The van der Waals surface area contributed by atoms with Crippen LogP contribution in [0.3, 0.4) is 0 Å². The third kappa shape index (κ3) is 7.57. The molecule has 1 amide bonds. The van der Waals surface area contributed by atoms with Gasteiger partial charge in [-0.2, -0.15) is 0 Å². The number of rotatable bonds is 10. The molecule has 8 nitrogen and oxygen atoms in total. The Bertz CT molecular complexity index is 818. The molecule has 7 unspecified atom stereocenters. The lowest BCUT2D eigenvalue weighted by molar-refractivity contribution is -0.139. The predicted octanol–water partition coefficient (Wildman–Crippen LogP) is 2.64. The summed E-state index contributed by atoms with van der Waals surface area (Å²) in [5, 5.41) is 13.7. The van der Waals surface area contributed by atoms with Crippen LogP contribution in [0.15, 0.2) is 36.0 Å². The zero-order chi connectivity index (χ0) is 25.6. The topological polar surface area (TPSA) is 107 Å². The van der Waals surface area contributed by atoms with Crippen molar-refractivity contribution in [1.82, 2.24) is 5.32 Å². The summed E-state index contributed by atoms with van der Waals surface area (Å²) >= 11 is 0. The molecule has 0 aromatic carbocycles. The molecule has 3 fully saturated rings. The summed E-state index contributed by atoms with van der Waals surface area (Å²) in [6.07, 6.45) is 10.8. The molecule has 3 saturated heterocycles. The number of carbonyl (C=O) groups excluding carboxylic acids is 2. The van der Waals surface area contributed by atoms with Crippen molar-refractivity contribution < 1.29 is 33.6 Å². The minimum Gasteiger partial charge on any atom is -0.387 e. The summed E-state index contributed by atoms with van der Waals surface area (Å²) in [7, 11) is 1.61. The summed E-state index contributed by atoms with van der Waals surface area (Å²) in [6.45, 7) is 8.53. The van der Waals surface area contributed by atoms with Gasteiger partial charge in [0.05, 0.1) is 37.1 Å². The van der Waals surface area contributed by atoms with E-state index in [-0.39, 0.29) is 42.3 Å². The third-order valence-corrected chi connectivity index (χ3v) is 7.30. The van der Waals surface area contributed by atoms with Gasteiger partial charge in [0.15, 0.2) is 0 Å². The van der Waals surface area contributed by atoms with E-state index in [4.69, 9.17) is 18.9 Å². The fourth-order valence-corrected chi connectivity index (χ4v) is 4.79. The maximum Gasteiger partial charge on any atom is 0.244 e. The molecule has 0 aliphatic carbocycles. The van der Waals surface area contributed by atoms with Crippen LogP contribution in [-0.2, 0) is 28.5 Å². The number of aldehydes is 1. The lowest BCUT2D eigenvalue weighted by Crippen LogP contribution is -2.50. The maximum absolute atomic E-state index is 12.2. The number of hydrogen-bond acceptors (Lipinski definition) is 7. The zero-order valence-electron chi connectivity index (χ0n) is 21.5. The number of aliphatic hydroxyl groups excluding tert-OH is 1. The number of allylic oxidation sites excluding steroid dienone is 2. The Morgan fingerprint density at radius 2 is 2.00 bits per heavy atom. The van der Waals surface area contributed by atoms with E-state index in [1.165, 1.54) is 6.08 Å². The first kappa shape index (κ1) is 27.7. The number of hydrogen-bond donors (Lipinski definition) is 2. The summed E-state index contributed by atoms with van der Waals surface area (Å²) in [5.74, 6) is 0.146. The van der Waals surface area contributed by atoms with E-state index in [1.807, 2.05) is 32.9 Å². The second-order valence-corrected chi connectivity index (χ2v) is 10.2. The second-order valence-electron chi connectivity index (χ2n) is 10.2. The van der Waals surface area contributed by atoms with Gasteiger partial charge in [-0.1, -0.05) is 36.8 Å². The zero-order valence-corrected chi connectivity index (χ0v) is 21.5. The molecular weight excluding hydrogens is 450 g/mol. The normalized spacial score (nSPS) is 38.7. The molecular formula is C27H41NO7. The first-order chi connectivity index (χ1) is 16.7. The minimum absolute atomic E-state index is 0.0394. The van der Waals surface area contributed by atoms with Crippen molar-refractivity contribution in [1.29, 1.82) is 0 Å². The Morgan fingerprint density at radius 3 is 2.66 bits per heavy atom. The van der Waals surface area contributed by atoms with E-state index >= 15 is 0 Å². The number of ether oxygens (including phenoxy) is 4. The molecule has 0 saturated carbocycles. The molecule has 0 aromatic heterocycles. The van der Waals surface area contributed by atoms with Crippen LogP contribution >= 0.6 is 0 Å². The number of amides is 1. The van der Waals surface area contributed by atoms with E-state index in [9.17, 15) is 14.7 Å². The van der Waals surface area contributed by atoms with Crippen LogP contribution in [0.2, 0.25) is 0 Å². The Balaban J connectivity index is 1.50. The van der Waals surface area contributed by atoms with Crippen LogP contribution in [-0.4, -0.2) is 79.3 Å². The predicted molar refractivity (Wildman–Crippen MR) is 132 cm³/mol. The van der Waals surface area contributed by atoms with Gasteiger partial charge >= 0.3 is 0 Å². The highest BCUT2D eigenvalue weighted by atomic mass is 16.6. The summed E-state index contributed by atoms with van der Waals surface area (Å²) in [6, 6.07) is -0.0394. The Kier molecular flexibility index (Phi) is 9.84. The largest absolute Gasteiger partial charge is 0.387 e. The smallest absolute Gasteiger partial charge is 0.244 e. The van der Waals surface area contributed by atoms with Crippen LogP contribution in [0.5, 0.6) is 0 Å². The van der Waals surface area contributed by atoms with Crippen LogP contribution in [0.25, 0.3) is 0 Å². The number of aliphatic hydroxyl groups is 1. The van der Waals surface area contributed by atoms with Crippen molar-refractivity contribution >= 4 is 12.2 Å². The SMILES string of the molecule is COC(C)/C=C\C(=O)NC1CC(C)C(C/C=C(C)/C=C/C2O[C@H](CC=O)CC3(CO3)[C@@H]2O)OC1C. The van der Waals surface area contributed by atoms with Gasteiger partial charge in [-0.05, 0) is 39.5 Å². The number of methoxy groups -OCH3 is 1. The molecule has 8 heteroatoms. The van der Waals surface area contributed by atoms with Gasteiger partial charge in [-0.15, -0.1) is 0 Å². The molecule has 3 rings (SSSR count). The van der Waals surface area contributed by atoms with E-state index < -0.39 is 17.8 Å². The van der Waals surface area contributed by atoms with Crippen LogP contribution in [0, 0.1) is 5.92 Å². The van der Waals surface area contributed by atoms with Gasteiger partial charge in [0.2, 0.25) is 5.91 Å². The Labute approximate surface area is 208 Å². The fraction of sp³-hybridized carbons (Fsp3) is 0.704. The molecule has 3 aliphatic heterocycles. The molecule has 9 atom stereocenters. The van der Waals surface area contributed by atoms with Crippen LogP contribution in [0.4, 0.5) is 0 Å². The third-order valence-electron chi connectivity index (χ3n) is 7.30. The Morgan fingerprint density at radius 1 is 1.26 bits per heavy atom. The molecule has 2 N–H and O–H groups in total. The highest BCUT2D eigenvalue weighted by Crippen LogP contribution is 2.43. The van der Waals surface area contributed by atoms with Crippen molar-refractivity contribution in [3.63, 3.8) is 0 Å². The van der Waals surface area contributed by atoms with Gasteiger partial charge < -0.3 is 34.2 Å². The summed E-state index contributed by atoms with van der Waals surface area (Å²) in [4.78, 5) is 23.2. The average molecular weight is 492 g/mol. The first-order valence-electron chi connectivity index (χ1n) is 12.6. The van der Waals surface area contributed by atoms with Crippen molar-refractivity contribution in [2.75, 3.05) is 13.7 Å². The van der Waals surface area contributed by atoms with E-state index in [2.05, 4.69) is 18.3 Å². The van der Waals surface area contributed by atoms with Crippen molar-refractivity contribution in [3.8, 4) is 0 Å². The lowest BCUT2D eigenvalue weighted by Gasteiger charge is -2.39. The number of nitrogens with one attached hydrogen (secondary N) is 1. The standard InChI is InChI=1S/C27H41NO7/c1-17(7-10-24-26(31)27(16-33-27)15-21(35-24)12-13-29)6-9-23-18(2)14-22(20(4)34-23)28-25(30)11-8-19(3)32-5/h6-8,10-11,13,18-24,26,31H,9,12,14-16H2,1-5H3,(H,28,30)/b10-7+,11-8-,17-6+/t18?,19?,20?,21-,22?,23?,24?,26-,27?/m1/s1. The summed E-state index contributed by atoms with van der Waals surface area (Å²) in [5.41, 5.74) is 0.476. The van der Waals surface area contributed by atoms with Gasteiger partial charge in [-0.25, -0.2) is 0 Å². The molecule has 3 heterocycles. The van der Waals surface area contributed by atoms with Crippen LogP contribution in [0.1, 0.15) is 53.4 Å². The van der Waals surface area contributed by atoms with Crippen molar-refractivity contribution in [2.45, 2.75) is 102 Å². The van der Waals surface area contributed by atoms with Crippen LogP contribution < -0.4 is 5.32 Å². The van der Waals surface area contributed by atoms with E-state index in [1.54, 1.807) is 13.2 Å².